The van der Waals surface area contributed by atoms with Crippen molar-refractivity contribution in [1.29, 1.82) is 0 Å². The van der Waals surface area contributed by atoms with Crippen molar-refractivity contribution >= 4 is 6.29 Å². The van der Waals surface area contributed by atoms with Crippen LogP contribution in [0.3, 0.4) is 0 Å². The third-order valence-corrected chi connectivity index (χ3v) is 2.24. The molecule has 5 heteroatoms. The number of halogens is 2. The van der Waals surface area contributed by atoms with Crippen LogP contribution in [-0.2, 0) is 4.79 Å². The van der Waals surface area contributed by atoms with Crippen LogP contribution in [0.5, 0.6) is 0 Å². The van der Waals surface area contributed by atoms with Crippen LogP contribution in [-0.4, -0.2) is 16.5 Å². The Kier molecular flexibility index (Phi) is 2.52. The molecule has 1 aromatic heterocycles. The molecule has 0 amide bonds. The molecule has 81 valence electrons. The van der Waals surface area contributed by atoms with Crippen LogP contribution in [0.4, 0.5) is 8.78 Å². The lowest BCUT2D eigenvalue weighted by Crippen LogP contribution is -1.91. The summed E-state index contributed by atoms with van der Waals surface area (Å²) in [5.41, 5.74) is 0.963. The van der Waals surface area contributed by atoms with E-state index < -0.39 is 11.6 Å². The molecule has 0 saturated carbocycles. The van der Waals surface area contributed by atoms with E-state index in [1.165, 1.54) is 6.07 Å². The number of aryl methyl sites for hydroxylation is 1. The summed E-state index contributed by atoms with van der Waals surface area (Å²) in [6, 6.07) is 3.15. The van der Waals surface area contributed by atoms with Gasteiger partial charge in [-0.1, -0.05) is 0 Å². The van der Waals surface area contributed by atoms with Crippen molar-refractivity contribution in [2.24, 2.45) is 0 Å². The topological polar surface area (TPSA) is 45.8 Å². The van der Waals surface area contributed by atoms with Crippen molar-refractivity contribution < 1.29 is 13.6 Å². The maximum absolute atomic E-state index is 13.5. The Morgan fingerprint density at radius 2 is 2.12 bits per heavy atom. The first-order valence-electron chi connectivity index (χ1n) is 4.52. The number of nitrogens with one attached hydrogen (secondary N) is 1. The molecule has 0 aliphatic heterocycles. The summed E-state index contributed by atoms with van der Waals surface area (Å²) in [4.78, 5) is 10.6. The fourth-order valence-corrected chi connectivity index (χ4v) is 1.52. The molecule has 0 saturated heterocycles. The molecule has 1 aromatic carbocycles. The molecule has 3 nitrogen and oxygen atoms in total. The lowest BCUT2D eigenvalue weighted by Gasteiger charge is -2.02. The first-order chi connectivity index (χ1) is 7.63. The van der Waals surface area contributed by atoms with Gasteiger partial charge in [-0.15, -0.1) is 0 Å². The second kappa shape index (κ2) is 3.84. The highest BCUT2D eigenvalue weighted by molar-refractivity contribution is 5.86. The molecule has 1 N–H and O–H groups in total. The maximum atomic E-state index is 13.5. The third-order valence-electron chi connectivity index (χ3n) is 2.24. The number of nitrogens with zero attached hydrogens (tertiary/aromatic N) is 1. The van der Waals surface area contributed by atoms with Gasteiger partial charge in [0.2, 0.25) is 0 Å². The summed E-state index contributed by atoms with van der Waals surface area (Å²) < 4.78 is 26.2. The number of hydrogen-bond acceptors (Lipinski definition) is 2. The smallest absolute Gasteiger partial charge is 0.256 e. The van der Waals surface area contributed by atoms with Gasteiger partial charge in [-0.3, -0.25) is 9.89 Å². The molecule has 1 heterocycles. The molecule has 2 rings (SSSR count). The Labute approximate surface area is 90.1 Å². The minimum Gasteiger partial charge on any atom is -0.283 e. The minimum atomic E-state index is -0.735. The Morgan fingerprint density at radius 3 is 2.75 bits per heavy atom. The first kappa shape index (κ1) is 10.5. The van der Waals surface area contributed by atoms with E-state index in [1.54, 1.807) is 13.2 Å². The molecule has 0 unspecified atom stereocenters. The number of benzene rings is 1. The van der Waals surface area contributed by atoms with Gasteiger partial charge in [0, 0.05) is 22.9 Å². The van der Waals surface area contributed by atoms with E-state index >= 15 is 0 Å². The van der Waals surface area contributed by atoms with Crippen LogP contribution in [0.15, 0.2) is 18.2 Å². The molecule has 0 aliphatic carbocycles. The van der Waals surface area contributed by atoms with Crippen LogP contribution in [0, 0.1) is 18.6 Å². The highest BCUT2D eigenvalue weighted by Gasteiger charge is 2.16. The van der Waals surface area contributed by atoms with Gasteiger partial charge in [0.15, 0.2) is 0 Å². The first-order valence-corrected chi connectivity index (χ1v) is 4.52. The van der Waals surface area contributed by atoms with Crippen LogP contribution >= 0.6 is 0 Å². The molecular formula is C11H7F2N2O. The summed E-state index contributed by atoms with van der Waals surface area (Å²) >= 11 is 0. The van der Waals surface area contributed by atoms with E-state index in [0.29, 0.717) is 11.3 Å². The predicted octanol–water partition coefficient (Wildman–Crippen LogP) is 2.12. The quantitative estimate of drug-likeness (QED) is 0.844. The van der Waals surface area contributed by atoms with Gasteiger partial charge in [-0.05, 0) is 19.1 Å². The van der Waals surface area contributed by atoms with Crippen molar-refractivity contribution in [1.82, 2.24) is 10.2 Å². The molecule has 0 fully saturated rings. The van der Waals surface area contributed by atoms with Gasteiger partial charge >= 0.3 is 0 Å². The van der Waals surface area contributed by atoms with E-state index in [0.717, 1.165) is 12.1 Å². The standard InChI is InChI=1S/C11H7F2N2O/c1-6-11(10(5-16)15-14-6)8-3-2-7(12)4-9(8)13/h2-4H,1H3,(H,14,15). The average Bonchev–Trinajstić information content (AvgIpc) is 2.60. The number of H-pyrrole nitrogens is 1. The van der Waals surface area contributed by atoms with Crippen molar-refractivity contribution in [3.63, 3.8) is 0 Å². The fraction of sp³-hybridized carbons (Fsp3) is 0.0909. The largest absolute Gasteiger partial charge is 0.283 e. The lowest BCUT2D eigenvalue weighted by atomic mass is 10.0. The highest BCUT2D eigenvalue weighted by Crippen LogP contribution is 2.27. The van der Waals surface area contributed by atoms with Gasteiger partial charge < -0.3 is 0 Å². The maximum Gasteiger partial charge on any atom is 0.256 e. The normalized spacial score (nSPS) is 10.4. The zero-order chi connectivity index (χ0) is 11.7. The molecule has 0 spiro atoms. The Bertz CT molecular complexity index is 549. The second-order valence-electron chi connectivity index (χ2n) is 3.30. The van der Waals surface area contributed by atoms with Crippen LogP contribution in [0.2, 0.25) is 0 Å². The second-order valence-corrected chi connectivity index (χ2v) is 3.30. The number of aromatic nitrogens is 2. The van der Waals surface area contributed by atoms with E-state index in [9.17, 15) is 13.6 Å². The van der Waals surface area contributed by atoms with E-state index in [-0.39, 0.29) is 11.3 Å². The Hall–Kier alpha value is -2.04. The van der Waals surface area contributed by atoms with E-state index in [1.807, 2.05) is 0 Å². The Balaban J connectivity index is 2.66. The number of carbonyl (C=O) groups excluding carboxylic acids is 1. The van der Waals surface area contributed by atoms with Gasteiger partial charge in [-0.2, -0.15) is 5.10 Å². The molecular weight excluding hydrogens is 214 g/mol. The van der Waals surface area contributed by atoms with Crippen molar-refractivity contribution in [3.05, 3.63) is 41.2 Å². The van der Waals surface area contributed by atoms with Crippen LogP contribution in [0.25, 0.3) is 11.1 Å². The Morgan fingerprint density at radius 1 is 1.38 bits per heavy atom. The average molecular weight is 221 g/mol. The SMILES string of the molecule is Cc1[nH]nc([C]=O)c1-c1ccc(F)cc1F. The molecule has 0 bridgehead atoms. The molecule has 0 atom stereocenters. The van der Waals surface area contributed by atoms with Crippen molar-refractivity contribution in [2.45, 2.75) is 6.92 Å². The summed E-state index contributed by atoms with van der Waals surface area (Å²) in [7, 11) is 0. The minimum absolute atomic E-state index is 0.0111. The van der Waals surface area contributed by atoms with Crippen molar-refractivity contribution in [2.75, 3.05) is 0 Å². The monoisotopic (exact) mass is 221 g/mol. The predicted molar refractivity (Wildman–Crippen MR) is 53.5 cm³/mol. The van der Waals surface area contributed by atoms with Gasteiger partial charge in [0.05, 0.1) is 0 Å². The zero-order valence-corrected chi connectivity index (χ0v) is 8.34. The third kappa shape index (κ3) is 1.60. The van der Waals surface area contributed by atoms with E-state index in [4.69, 9.17) is 0 Å². The molecule has 0 aliphatic rings. The summed E-state index contributed by atoms with van der Waals surface area (Å²) in [6.45, 7) is 1.64. The van der Waals surface area contributed by atoms with Gasteiger partial charge in [0.25, 0.3) is 6.29 Å². The number of hydrogen-bond donors (Lipinski definition) is 1. The highest BCUT2D eigenvalue weighted by atomic mass is 19.1. The van der Waals surface area contributed by atoms with Crippen LogP contribution < -0.4 is 0 Å². The number of rotatable bonds is 2. The molecule has 1 radical (unpaired) electrons. The summed E-state index contributed by atoms with van der Waals surface area (Å²) in [5, 5.41) is 6.22. The molecule has 16 heavy (non-hydrogen) atoms. The summed E-state index contributed by atoms with van der Waals surface area (Å²) in [5.74, 6) is -1.40. The zero-order valence-electron chi connectivity index (χ0n) is 8.34. The number of aromatic amines is 1. The van der Waals surface area contributed by atoms with Crippen LogP contribution in [0.1, 0.15) is 11.4 Å². The van der Waals surface area contributed by atoms with Gasteiger partial charge in [0.1, 0.15) is 17.3 Å². The fourth-order valence-electron chi connectivity index (χ4n) is 1.52. The van der Waals surface area contributed by atoms with E-state index in [2.05, 4.69) is 10.2 Å². The summed E-state index contributed by atoms with van der Waals surface area (Å²) in [6.07, 6.45) is 1.60. The molecule has 2 aromatic rings. The lowest BCUT2D eigenvalue weighted by molar-refractivity contribution is 0.561. The van der Waals surface area contributed by atoms with Gasteiger partial charge in [-0.25, -0.2) is 8.78 Å². The van der Waals surface area contributed by atoms with Crippen molar-refractivity contribution in [3.8, 4) is 11.1 Å².